The first-order valence-corrected chi connectivity index (χ1v) is 12.2. The third-order valence-electron chi connectivity index (χ3n) is 5.44. The van der Waals surface area contributed by atoms with Gasteiger partial charge in [-0.3, -0.25) is 9.52 Å². The minimum atomic E-state index is -3.85. The Morgan fingerprint density at radius 1 is 0.912 bits per heavy atom. The van der Waals surface area contributed by atoms with Gasteiger partial charge < -0.3 is 19.2 Å². The van der Waals surface area contributed by atoms with Gasteiger partial charge in [-0.2, -0.15) is 0 Å². The number of hydrogen-bond acceptors (Lipinski definition) is 6. The third-order valence-corrected chi connectivity index (χ3v) is 6.82. The van der Waals surface area contributed by atoms with Crippen LogP contribution in [0.3, 0.4) is 0 Å². The van der Waals surface area contributed by atoms with Crippen molar-refractivity contribution in [2.75, 3.05) is 17.9 Å². The Morgan fingerprint density at radius 2 is 1.65 bits per heavy atom. The molecule has 3 aromatic carbocycles. The molecule has 1 aliphatic rings. The zero-order valence-corrected chi connectivity index (χ0v) is 19.1. The minimum absolute atomic E-state index is 0.0539. The number of rotatable bonds is 6. The van der Waals surface area contributed by atoms with Gasteiger partial charge in [0.25, 0.3) is 15.9 Å². The molecule has 4 aromatic rings. The molecule has 1 aromatic heterocycles. The molecule has 0 unspecified atom stereocenters. The molecule has 0 saturated heterocycles. The van der Waals surface area contributed by atoms with E-state index >= 15 is 0 Å². The van der Waals surface area contributed by atoms with Crippen molar-refractivity contribution in [1.29, 1.82) is 0 Å². The fourth-order valence-electron chi connectivity index (χ4n) is 3.66. The summed E-state index contributed by atoms with van der Waals surface area (Å²) in [4.78, 5) is 12.7. The summed E-state index contributed by atoms with van der Waals surface area (Å²) >= 11 is 0. The summed E-state index contributed by atoms with van der Waals surface area (Å²) in [6, 6.07) is 19.8. The first kappa shape index (κ1) is 21.8. The number of anilines is 1. The van der Waals surface area contributed by atoms with Crippen LogP contribution in [0, 0.1) is 0 Å². The summed E-state index contributed by atoms with van der Waals surface area (Å²) in [6.45, 7) is 2.63. The van der Waals surface area contributed by atoms with Crippen molar-refractivity contribution < 1.29 is 27.1 Å². The number of hydrogen-bond donors (Lipinski definition) is 2. The molecule has 0 bridgehead atoms. The largest absolute Gasteiger partial charge is 0.486 e. The van der Waals surface area contributed by atoms with Crippen LogP contribution in [-0.2, 0) is 10.0 Å². The average Bonchev–Trinajstić information content (AvgIpc) is 3.28. The van der Waals surface area contributed by atoms with Crippen LogP contribution in [0.4, 0.5) is 5.69 Å². The van der Waals surface area contributed by atoms with E-state index < -0.39 is 10.0 Å². The molecule has 0 aliphatic carbocycles. The first-order chi connectivity index (χ1) is 16.4. The Kier molecular flexibility index (Phi) is 5.62. The Morgan fingerprint density at radius 3 is 2.41 bits per heavy atom. The Balaban J connectivity index is 1.26. The Hall–Kier alpha value is -3.98. The monoisotopic (exact) mass is 478 g/mol. The van der Waals surface area contributed by atoms with E-state index in [1.54, 1.807) is 18.2 Å². The highest BCUT2D eigenvalue weighted by Gasteiger charge is 2.20. The fourth-order valence-corrected chi connectivity index (χ4v) is 4.74. The van der Waals surface area contributed by atoms with E-state index in [-0.39, 0.29) is 16.8 Å². The van der Waals surface area contributed by atoms with E-state index in [9.17, 15) is 13.2 Å². The molecule has 0 fully saturated rings. The Labute approximate surface area is 196 Å². The minimum Gasteiger partial charge on any atom is -0.486 e. The lowest BCUT2D eigenvalue weighted by Crippen LogP contribution is -2.26. The summed E-state index contributed by atoms with van der Waals surface area (Å²) in [6.07, 6.45) is 0. The second-order valence-electron chi connectivity index (χ2n) is 7.87. The number of amides is 1. The number of sulfonamides is 1. The summed E-state index contributed by atoms with van der Waals surface area (Å²) in [5.41, 5.74) is 1.48. The highest BCUT2D eigenvalue weighted by molar-refractivity contribution is 7.92. The maximum atomic E-state index is 12.8. The van der Waals surface area contributed by atoms with Gasteiger partial charge in [-0.1, -0.05) is 18.2 Å². The molecular weight excluding hydrogens is 456 g/mol. The topological polar surface area (TPSA) is 107 Å². The SMILES string of the molecule is C[C@@H](NC(=O)c1ccc(NS(=O)(=O)c2ccc3c(c2)OCCO3)cc1)c1cc2ccccc2o1. The second-order valence-corrected chi connectivity index (χ2v) is 9.55. The highest BCUT2D eigenvalue weighted by Crippen LogP contribution is 2.32. The molecule has 8 nitrogen and oxygen atoms in total. The maximum absolute atomic E-state index is 12.8. The lowest BCUT2D eigenvalue weighted by molar-refractivity contribution is 0.0935. The van der Waals surface area contributed by atoms with Crippen LogP contribution < -0.4 is 19.5 Å². The van der Waals surface area contributed by atoms with Gasteiger partial charge in [0, 0.05) is 22.7 Å². The van der Waals surface area contributed by atoms with Crippen LogP contribution in [0.15, 0.2) is 82.1 Å². The highest BCUT2D eigenvalue weighted by atomic mass is 32.2. The number of carbonyl (C=O) groups excluding carboxylic acids is 1. The van der Waals surface area contributed by atoms with E-state index in [4.69, 9.17) is 13.9 Å². The quantitative estimate of drug-likeness (QED) is 0.423. The predicted octanol–water partition coefficient (Wildman–Crippen LogP) is 4.50. The van der Waals surface area contributed by atoms with Crippen LogP contribution in [0.25, 0.3) is 11.0 Å². The Bertz CT molecular complexity index is 1430. The molecule has 0 saturated carbocycles. The predicted molar refractivity (Wildman–Crippen MR) is 127 cm³/mol. The molecule has 9 heteroatoms. The third kappa shape index (κ3) is 4.42. The number of ether oxygens (including phenoxy) is 2. The van der Waals surface area contributed by atoms with E-state index in [1.165, 1.54) is 24.3 Å². The van der Waals surface area contributed by atoms with E-state index in [1.807, 2.05) is 37.3 Å². The summed E-state index contributed by atoms with van der Waals surface area (Å²) in [5, 5.41) is 3.86. The van der Waals surface area contributed by atoms with Crippen molar-refractivity contribution >= 4 is 32.6 Å². The van der Waals surface area contributed by atoms with E-state index in [0.29, 0.717) is 41.7 Å². The summed E-state index contributed by atoms with van der Waals surface area (Å²) < 4.78 is 44.8. The smallest absolute Gasteiger partial charge is 0.262 e. The van der Waals surface area contributed by atoms with E-state index in [2.05, 4.69) is 10.0 Å². The van der Waals surface area contributed by atoms with Gasteiger partial charge in [0.1, 0.15) is 24.6 Å². The molecule has 2 heterocycles. The lowest BCUT2D eigenvalue weighted by Gasteiger charge is -2.19. The van der Waals surface area contributed by atoms with Crippen molar-refractivity contribution in [2.24, 2.45) is 0 Å². The summed E-state index contributed by atoms with van der Waals surface area (Å²) in [7, 11) is -3.85. The van der Waals surface area contributed by atoms with Crippen molar-refractivity contribution in [3.63, 3.8) is 0 Å². The molecule has 1 aliphatic heterocycles. The number of carbonyl (C=O) groups is 1. The van der Waals surface area contributed by atoms with Gasteiger partial charge in [0.05, 0.1) is 10.9 Å². The average molecular weight is 479 g/mol. The van der Waals surface area contributed by atoms with Crippen LogP contribution in [0.1, 0.15) is 29.1 Å². The molecule has 174 valence electrons. The molecule has 0 spiro atoms. The number of nitrogens with one attached hydrogen (secondary N) is 2. The summed E-state index contributed by atoms with van der Waals surface area (Å²) in [5.74, 6) is 1.25. The maximum Gasteiger partial charge on any atom is 0.262 e. The van der Waals surface area contributed by atoms with Gasteiger partial charge in [0.2, 0.25) is 0 Å². The molecule has 2 N–H and O–H groups in total. The van der Waals surface area contributed by atoms with Crippen molar-refractivity contribution in [2.45, 2.75) is 17.9 Å². The van der Waals surface area contributed by atoms with Gasteiger partial charge in [-0.15, -0.1) is 0 Å². The first-order valence-electron chi connectivity index (χ1n) is 10.7. The molecule has 1 atom stereocenters. The van der Waals surface area contributed by atoms with Gasteiger partial charge in [-0.05, 0) is 55.5 Å². The standard InChI is InChI=1S/C25H22N2O6S/c1-16(23-14-18-4-2-3-5-21(18)33-23)26-25(28)17-6-8-19(9-7-17)27-34(29,30)20-10-11-22-24(15-20)32-13-12-31-22/h2-11,14-16,27H,12-13H2,1H3,(H,26,28)/t16-/m1/s1. The number of fused-ring (bicyclic) bond motifs is 2. The van der Waals surface area contributed by atoms with Gasteiger partial charge >= 0.3 is 0 Å². The number of para-hydroxylation sites is 1. The fraction of sp³-hybridized carbons (Fsp3) is 0.160. The lowest BCUT2D eigenvalue weighted by atomic mass is 10.1. The van der Waals surface area contributed by atoms with Crippen molar-refractivity contribution in [3.05, 3.63) is 84.1 Å². The van der Waals surface area contributed by atoms with Crippen LogP contribution in [-0.4, -0.2) is 27.5 Å². The molecule has 34 heavy (non-hydrogen) atoms. The van der Waals surface area contributed by atoms with Crippen LogP contribution in [0.2, 0.25) is 0 Å². The normalized spacial score (nSPS) is 13.9. The zero-order valence-electron chi connectivity index (χ0n) is 18.3. The van der Waals surface area contributed by atoms with Gasteiger partial charge in [-0.25, -0.2) is 8.42 Å². The molecule has 1 amide bonds. The molecule has 0 radical (unpaired) electrons. The second kappa shape index (κ2) is 8.75. The molecule has 5 rings (SSSR count). The van der Waals surface area contributed by atoms with Crippen molar-refractivity contribution in [3.8, 4) is 11.5 Å². The number of benzene rings is 3. The molecular formula is C25H22N2O6S. The van der Waals surface area contributed by atoms with Crippen LogP contribution in [0.5, 0.6) is 11.5 Å². The van der Waals surface area contributed by atoms with Crippen molar-refractivity contribution in [1.82, 2.24) is 5.32 Å². The van der Waals surface area contributed by atoms with Crippen LogP contribution >= 0.6 is 0 Å². The number of furan rings is 1. The van der Waals surface area contributed by atoms with Gasteiger partial charge in [0.15, 0.2) is 11.5 Å². The zero-order chi connectivity index (χ0) is 23.7. The van der Waals surface area contributed by atoms with E-state index in [0.717, 1.165) is 11.0 Å².